The van der Waals surface area contributed by atoms with Crippen LogP contribution in [0.5, 0.6) is 0 Å². The van der Waals surface area contributed by atoms with Gasteiger partial charge >= 0.3 is 0 Å². The fraction of sp³-hybridized carbons (Fsp3) is 0.269. The maximum atomic E-state index is 14.2. The van der Waals surface area contributed by atoms with Crippen molar-refractivity contribution in [2.75, 3.05) is 31.1 Å². The first-order valence-corrected chi connectivity index (χ1v) is 10.7. The maximum absolute atomic E-state index is 14.2. The van der Waals surface area contributed by atoms with Crippen LogP contribution in [0.4, 0.5) is 10.1 Å². The molecule has 0 bridgehead atoms. The molecule has 0 aliphatic carbocycles. The number of nitrogens with zero attached hydrogens (tertiary/aromatic N) is 2. The van der Waals surface area contributed by atoms with Gasteiger partial charge in [0.25, 0.3) is 5.91 Å². The molecule has 2 aliphatic rings. The number of fused-ring (bicyclic) bond motifs is 2. The van der Waals surface area contributed by atoms with E-state index in [0.717, 1.165) is 43.7 Å². The van der Waals surface area contributed by atoms with Crippen molar-refractivity contribution in [1.82, 2.24) is 4.90 Å². The molecule has 3 heterocycles. The number of furan rings is 1. The van der Waals surface area contributed by atoms with E-state index in [1.807, 2.05) is 18.2 Å². The second kappa shape index (κ2) is 8.16. The van der Waals surface area contributed by atoms with Crippen molar-refractivity contribution in [2.45, 2.75) is 18.3 Å². The smallest absolute Gasteiger partial charge is 0.293 e. The summed E-state index contributed by atoms with van der Waals surface area (Å²) in [7, 11) is 0. The van der Waals surface area contributed by atoms with Crippen molar-refractivity contribution in [3.8, 4) is 0 Å². The van der Waals surface area contributed by atoms with E-state index in [9.17, 15) is 9.18 Å². The molecule has 0 saturated carbocycles. The average Bonchev–Trinajstić information content (AvgIpc) is 3.43. The molecular formula is C26H25FN2O2. The molecule has 1 aromatic heterocycles. The van der Waals surface area contributed by atoms with Gasteiger partial charge in [0.1, 0.15) is 5.82 Å². The molecule has 31 heavy (non-hydrogen) atoms. The first-order valence-electron chi connectivity index (χ1n) is 10.7. The Morgan fingerprint density at radius 3 is 2.61 bits per heavy atom. The minimum absolute atomic E-state index is 0.164. The highest BCUT2D eigenvalue weighted by Crippen LogP contribution is 2.47. The van der Waals surface area contributed by atoms with Crippen LogP contribution in [0.2, 0.25) is 0 Å². The first kappa shape index (κ1) is 19.8. The van der Waals surface area contributed by atoms with E-state index in [-0.39, 0.29) is 17.1 Å². The molecule has 5 heteroatoms. The minimum atomic E-state index is -0.251. The van der Waals surface area contributed by atoms with E-state index >= 15 is 0 Å². The fourth-order valence-electron chi connectivity index (χ4n) is 4.85. The lowest BCUT2D eigenvalue weighted by molar-refractivity contribution is 0.0951. The highest BCUT2D eigenvalue weighted by Gasteiger charge is 2.46. The number of carbonyl (C=O) groups is 1. The van der Waals surface area contributed by atoms with Crippen LogP contribution in [0.25, 0.3) is 6.08 Å². The van der Waals surface area contributed by atoms with E-state index in [0.29, 0.717) is 12.3 Å². The average molecular weight is 416 g/mol. The van der Waals surface area contributed by atoms with E-state index < -0.39 is 0 Å². The summed E-state index contributed by atoms with van der Waals surface area (Å²) in [4.78, 5) is 17.2. The number of likely N-dealkylation sites (tertiary alicyclic amines) is 1. The SMILES string of the molecule is O=C(c1ccco1)N1CC2(CCN(CC=Cc3ccccc3)CC2)c2cc(F)ccc21. The van der Waals surface area contributed by atoms with Gasteiger partial charge in [-0.3, -0.25) is 9.69 Å². The summed E-state index contributed by atoms with van der Waals surface area (Å²) in [5.74, 6) is -0.0996. The predicted octanol–water partition coefficient (Wildman–Crippen LogP) is 5.13. The largest absolute Gasteiger partial charge is 0.459 e. The molecule has 0 unspecified atom stereocenters. The number of hydrogen-bond donors (Lipinski definition) is 0. The number of rotatable bonds is 4. The molecule has 0 atom stereocenters. The quantitative estimate of drug-likeness (QED) is 0.592. The van der Waals surface area contributed by atoms with E-state index in [2.05, 4.69) is 29.2 Å². The summed E-state index contributed by atoms with van der Waals surface area (Å²) in [5, 5.41) is 0. The molecular weight excluding hydrogens is 391 g/mol. The Balaban J connectivity index is 1.32. The highest BCUT2D eigenvalue weighted by molar-refractivity contribution is 6.06. The predicted molar refractivity (Wildman–Crippen MR) is 120 cm³/mol. The molecule has 1 amide bonds. The van der Waals surface area contributed by atoms with E-state index in [4.69, 9.17) is 4.42 Å². The van der Waals surface area contributed by atoms with Gasteiger partial charge in [-0.15, -0.1) is 0 Å². The molecule has 0 N–H and O–H groups in total. The Labute approximate surface area is 181 Å². The molecule has 0 radical (unpaired) electrons. The monoisotopic (exact) mass is 416 g/mol. The van der Waals surface area contributed by atoms with E-state index in [1.54, 1.807) is 29.2 Å². The van der Waals surface area contributed by atoms with Gasteiger partial charge in [0.15, 0.2) is 5.76 Å². The number of anilines is 1. The van der Waals surface area contributed by atoms with Crippen molar-refractivity contribution in [1.29, 1.82) is 0 Å². The summed E-state index contributed by atoms with van der Waals surface area (Å²) >= 11 is 0. The van der Waals surface area contributed by atoms with Crippen LogP contribution in [0.3, 0.4) is 0 Å². The molecule has 4 nitrogen and oxygen atoms in total. The zero-order chi connectivity index (χ0) is 21.3. The zero-order valence-electron chi connectivity index (χ0n) is 17.3. The molecule has 5 rings (SSSR count). The standard InChI is InChI=1S/C26H25FN2O2/c27-21-10-11-23-22(18-21)26(19-29(23)25(30)24-9-5-17-31-24)12-15-28(16-13-26)14-4-8-20-6-2-1-3-7-20/h1-11,17-18H,12-16,19H2. The van der Waals surface area contributed by atoms with Gasteiger partial charge in [0.2, 0.25) is 0 Å². The number of amides is 1. The molecule has 3 aromatic rings. The van der Waals surface area contributed by atoms with Crippen LogP contribution in [0.1, 0.15) is 34.5 Å². The van der Waals surface area contributed by atoms with Gasteiger partial charge in [-0.1, -0.05) is 42.5 Å². The van der Waals surface area contributed by atoms with Crippen LogP contribution in [0.15, 0.2) is 77.4 Å². The zero-order valence-corrected chi connectivity index (χ0v) is 17.3. The molecule has 158 valence electrons. The number of benzene rings is 2. The third-order valence-corrected chi connectivity index (χ3v) is 6.55. The number of hydrogen-bond acceptors (Lipinski definition) is 3. The topological polar surface area (TPSA) is 36.7 Å². The summed E-state index contributed by atoms with van der Waals surface area (Å²) in [5.41, 5.74) is 2.75. The summed E-state index contributed by atoms with van der Waals surface area (Å²) in [6, 6.07) is 18.5. The highest BCUT2D eigenvalue weighted by atomic mass is 19.1. The fourth-order valence-corrected chi connectivity index (χ4v) is 4.85. The van der Waals surface area contributed by atoms with Crippen LogP contribution in [-0.2, 0) is 5.41 Å². The second-order valence-electron chi connectivity index (χ2n) is 8.42. The summed E-state index contributed by atoms with van der Waals surface area (Å²) < 4.78 is 19.5. The Morgan fingerprint density at radius 2 is 1.87 bits per heavy atom. The van der Waals surface area contributed by atoms with Crippen molar-refractivity contribution < 1.29 is 13.6 Å². The van der Waals surface area contributed by atoms with Crippen LogP contribution in [-0.4, -0.2) is 37.0 Å². The van der Waals surface area contributed by atoms with Crippen LogP contribution < -0.4 is 4.90 Å². The minimum Gasteiger partial charge on any atom is -0.459 e. The number of halogens is 1. The van der Waals surface area contributed by atoms with Gasteiger partial charge in [-0.05, 0) is 67.4 Å². The Morgan fingerprint density at radius 1 is 1.06 bits per heavy atom. The van der Waals surface area contributed by atoms with Gasteiger partial charge < -0.3 is 9.32 Å². The summed E-state index contributed by atoms with van der Waals surface area (Å²) in [6.45, 7) is 3.28. The lowest BCUT2D eigenvalue weighted by Crippen LogP contribution is -2.46. The first-order chi connectivity index (χ1) is 15.1. The van der Waals surface area contributed by atoms with Crippen LogP contribution >= 0.6 is 0 Å². The Hall–Kier alpha value is -3.18. The molecule has 1 saturated heterocycles. The molecule has 2 aromatic carbocycles. The number of piperidine rings is 1. The summed E-state index contributed by atoms with van der Waals surface area (Å²) in [6.07, 6.45) is 7.64. The third kappa shape index (κ3) is 3.81. The third-order valence-electron chi connectivity index (χ3n) is 6.55. The van der Waals surface area contributed by atoms with Crippen molar-refractivity contribution >= 4 is 17.7 Å². The molecule has 2 aliphatic heterocycles. The van der Waals surface area contributed by atoms with Gasteiger partial charge in [-0.2, -0.15) is 0 Å². The maximum Gasteiger partial charge on any atom is 0.293 e. The van der Waals surface area contributed by atoms with Crippen molar-refractivity contribution in [3.63, 3.8) is 0 Å². The lowest BCUT2D eigenvalue weighted by atomic mass is 9.74. The normalized spacial score (nSPS) is 18.0. The van der Waals surface area contributed by atoms with Gasteiger partial charge in [-0.25, -0.2) is 4.39 Å². The number of carbonyl (C=O) groups excluding carboxylic acids is 1. The second-order valence-corrected chi connectivity index (χ2v) is 8.42. The van der Waals surface area contributed by atoms with Gasteiger partial charge in [0, 0.05) is 24.2 Å². The lowest BCUT2D eigenvalue weighted by Gasteiger charge is -2.39. The Bertz CT molecular complexity index is 1080. The van der Waals surface area contributed by atoms with Crippen molar-refractivity contribution in [2.24, 2.45) is 0 Å². The van der Waals surface area contributed by atoms with E-state index in [1.165, 1.54) is 17.9 Å². The van der Waals surface area contributed by atoms with Gasteiger partial charge in [0.05, 0.1) is 6.26 Å². The molecule has 1 fully saturated rings. The molecule has 1 spiro atoms. The van der Waals surface area contributed by atoms with Crippen LogP contribution in [0, 0.1) is 5.82 Å². The Kier molecular flexibility index (Phi) is 5.20. The van der Waals surface area contributed by atoms with Crippen molar-refractivity contribution in [3.05, 3.63) is 95.7 Å².